The van der Waals surface area contributed by atoms with E-state index < -0.39 is 96.9 Å². The van der Waals surface area contributed by atoms with Gasteiger partial charge < -0.3 is 65.8 Å². The third-order valence-corrected chi connectivity index (χ3v) is 12.1. The maximum absolute atomic E-state index is 12.5. The monoisotopic (exact) mass is 804 g/mol. The predicted octanol–water partition coefficient (Wildman–Crippen LogP) is -4.29. The summed E-state index contributed by atoms with van der Waals surface area (Å²) in [5.74, 6) is -0.579. The summed E-state index contributed by atoms with van der Waals surface area (Å²) < 4.78 is 66.7. The molecule has 31 heteroatoms. The molecular formula is C21H31N10O18P3. The topological polar surface area (TPSA) is 416 Å². The van der Waals surface area contributed by atoms with Gasteiger partial charge in [-0.15, -0.1) is 0 Å². The van der Waals surface area contributed by atoms with Crippen LogP contribution in [0, 0.1) is 0 Å². The molecule has 3 aromatic heterocycles. The maximum Gasteiger partial charge on any atom is 0.490 e. The van der Waals surface area contributed by atoms with E-state index in [9.17, 15) is 58.4 Å². The Bertz CT molecular complexity index is 2120. The van der Waals surface area contributed by atoms with E-state index in [1.54, 1.807) is 0 Å². The van der Waals surface area contributed by atoms with E-state index in [1.807, 2.05) is 0 Å². The van der Waals surface area contributed by atoms with Crippen LogP contribution in [-0.4, -0.2) is 134 Å². The van der Waals surface area contributed by atoms with Gasteiger partial charge in [-0.3, -0.25) is 33.2 Å². The van der Waals surface area contributed by atoms with Crippen molar-refractivity contribution in [1.29, 1.82) is 0 Å². The number of nitrogens with two attached hydrogens (primary N) is 2. The van der Waals surface area contributed by atoms with Crippen molar-refractivity contribution in [3.05, 3.63) is 27.0 Å². The number of aliphatic hydroxyl groups excluding tert-OH is 4. The van der Waals surface area contributed by atoms with E-state index in [0.29, 0.717) is 0 Å². The normalized spacial score (nSPS) is 31.1. The molecule has 52 heavy (non-hydrogen) atoms. The van der Waals surface area contributed by atoms with Crippen molar-refractivity contribution in [1.82, 2.24) is 29.5 Å². The number of phosphoric acid groups is 3. The number of H-pyrrole nitrogens is 2. The third-order valence-electron chi connectivity index (χ3n) is 7.84. The highest BCUT2D eigenvalue weighted by Crippen LogP contribution is 2.67. The van der Waals surface area contributed by atoms with Crippen LogP contribution in [0.15, 0.2) is 15.9 Å². The van der Waals surface area contributed by atoms with Crippen molar-refractivity contribution < 1.29 is 75.9 Å². The van der Waals surface area contributed by atoms with Gasteiger partial charge in [0.2, 0.25) is 11.9 Å². The van der Waals surface area contributed by atoms with Gasteiger partial charge in [0.05, 0.1) is 26.2 Å². The van der Waals surface area contributed by atoms with E-state index in [-0.39, 0.29) is 41.2 Å². The van der Waals surface area contributed by atoms with Crippen molar-refractivity contribution in [3.63, 3.8) is 0 Å². The van der Waals surface area contributed by atoms with Crippen LogP contribution in [0.25, 0.3) is 11.2 Å². The number of ether oxygens (including phenoxy) is 2. The third kappa shape index (κ3) is 7.51. The van der Waals surface area contributed by atoms with Gasteiger partial charge >= 0.3 is 23.5 Å². The lowest BCUT2D eigenvalue weighted by atomic mass is 10.1. The zero-order valence-electron chi connectivity index (χ0n) is 26.1. The quantitative estimate of drug-likeness (QED) is 0.0772. The minimum Gasteiger partial charge on any atom is -0.387 e. The molecular weight excluding hydrogens is 773 g/mol. The summed E-state index contributed by atoms with van der Waals surface area (Å²) in [5.41, 5.74) is 9.55. The van der Waals surface area contributed by atoms with Gasteiger partial charge in [0.15, 0.2) is 29.4 Å². The van der Waals surface area contributed by atoms with Crippen LogP contribution in [0.1, 0.15) is 6.23 Å². The molecule has 0 spiro atoms. The van der Waals surface area contributed by atoms with Crippen molar-refractivity contribution in [2.24, 2.45) is 0 Å². The fourth-order valence-electron chi connectivity index (χ4n) is 5.59. The Labute approximate surface area is 287 Å². The number of imidazole rings is 1. The van der Waals surface area contributed by atoms with Crippen LogP contribution in [0.2, 0.25) is 0 Å². The molecule has 3 aliphatic heterocycles. The fraction of sp³-hybridized carbons (Fsp3) is 0.571. The fourth-order valence-corrected chi connectivity index (χ4v) is 9.11. The smallest absolute Gasteiger partial charge is 0.387 e. The molecule has 3 aromatic rings. The lowest BCUT2D eigenvalue weighted by Gasteiger charge is -2.27. The summed E-state index contributed by atoms with van der Waals surface area (Å²) in [4.78, 5) is 73.4. The molecule has 6 heterocycles. The molecule has 0 aromatic carbocycles. The van der Waals surface area contributed by atoms with Gasteiger partial charge in [-0.05, 0) is 0 Å². The van der Waals surface area contributed by atoms with Gasteiger partial charge in [-0.2, -0.15) is 18.6 Å². The molecule has 0 radical (unpaired) electrons. The van der Waals surface area contributed by atoms with Gasteiger partial charge in [-0.1, -0.05) is 0 Å². The molecule has 11 unspecified atom stereocenters. The minimum absolute atomic E-state index is 0.00993. The number of nitrogen functional groups attached to an aromatic ring is 2. The Hall–Kier alpha value is -3.40. The van der Waals surface area contributed by atoms with Crippen LogP contribution in [0.5, 0.6) is 0 Å². The average Bonchev–Trinajstić information content (AvgIpc) is 3.74. The summed E-state index contributed by atoms with van der Waals surface area (Å²) >= 11 is 0. The molecule has 13 N–H and O–H groups in total. The predicted molar refractivity (Wildman–Crippen MR) is 168 cm³/mol. The number of hydrogen-bond acceptors (Lipinski definition) is 22. The molecule has 288 valence electrons. The number of nitrogens with one attached hydrogen (secondary N) is 2. The molecule has 0 bridgehead atoms. The van der Waals surface area contributed by atoms with Crippen molar-refractivity contribution >= 4 is 58.0 Å². The van der Waals surface area contributed by atoms with Gasteiger partial charge in [0.25, 0.3) is 11.1 Å². The largest absolute Gasteiger partial charge is 0.490 e. The summed E-state index contributed by atoms with van der Waals surface area (Å²) in [6.45, 7) is -2.23. The highest BCUT2D eigenvalue weighted by atomic mass is 31.3. The first-order valence-electron chi connectivity index (χ1n) is 14.5. The van der Waals surface area contributed by atoms with E-state index >= 15 is 0 Å². The Kier molecular flexibility index (Phi) is 10.2. The summed E-state index contributed by atoms with van der Waals surface area (Å²) in [6.07, 6.45) is -12.2. The highest BCUT2D eigenvalue weighted by Gasteiger charge is 2.51. The summed E-state index contributed by atoms with van der Waals surface area (Å²) in [7, 11) is -15.8. The molecule has 0 saturated carbocycles. The lowest BCUT2D eigenvalue weighted by molar-refractivity contribution is -0.0503. The standard InChI is InChI=1S/C21H31N10O18P3/c1-29-5-31(15-9(29)17(37)28-21(23)26-15)19-13(35)11(33)7(47-19)3-45-51(40,41)49-52(42,43)48-50(38,39)44-2-6-10(32)12(34)18(46-6)30-4-24-8-14(30)25-20(22)27-16(8)36/h4,6-7,10-13,18-19,32-35H,2-3,5H2,1H3,(H,38,39)(H,40,41)(H,42,43)(H3,22,25,27,36)(H3,23,26,28,37). The summed E-state index contributed by atoms with van der Waals surface area (Å²) in [5, 5.41) is 42.1. The second kappa shape index (κ2) is 13.8. The lowest BCUT2D eigenvalue weighted by Crippen LogP contribution is -2.45. The van der Waals surface area contributed by atoms with E-state index in [4.69, 9.17) is 20.9 Å². The first-order valence-corrected chi connectivity index (χ1v) is 19.0. The van der Waals surface area contributed by atoms with Crippen molar-refractivity contribution in [2.45, 2.75) is 49.1 Å². The molecule has 0 amide bonds. The van der Waals surface area contributed by atoms with Gasteiger partial charge in [0.1, 0.15) is 42.3 Å². The van der Waals surface area contributed by atoms with Crippen molar-refractivity contribution in [2.75, 3.05) is 48.2 Å². The number of nitrogens with zero attached hydrogens (tertiary/aromatic N) is 6. The minimum atomic E-state index is -6.00. The second-order valence-corrected chi connectivity index (χ2v) is 16.1. The molecule has 0 aliphatic carbocycles. The number of aromatic nitrogens is 6. The molecule has 11 atom stereocenters. The Balaban J connectivity index is 1.03. The summed E-state index contributed by atoms with van der Waals surface area (Å²) in [6, 6.07) is 0. The van der Waals surface area contributed by atoms with E-state index in [0.717, 1.165) is 10.9 Å². The first-order chi connectivity index (χ1) is 24.2. The van der Waals surface area contributed by atoms with Crippen LogP contribution in [-0.2, 0) is 40.8 Å². The SMILES string of the molecule is CN1CN(C2OC(COP(=O)(O)OP(=O)(O)OP(=O)(O)OCC3OC(n4cnc5c(=O)[nH]c(N)nc54)C(O)C3O)C(O)C2O)c2nc(N)[nH]c(=O)c21. The second-order valence-electron chi connectivity index (χ2n) is 11.5. The van der Waals surface area contributed by atoms with E-state index in [2.05, 4.69) is 42.6 Å². The van der Waals surface area contributed by atoms with Gasteiger partial charge in [0, 0.05) is 7.05 Å². The zero-order chi connectivity index (χ0) is 38.1. The molecule has 2 fully saturated rings. The number of aromatic amines is 2. The number of aliphatic hydroxyl groups is 4. The number of rotatable bonds is 12. The molecule has 3 aliphatic rings. The Morgan fingerprint density at radius 2 is 1.35 bits per heavy atom. The zero-order valence-corrected chi connectivity index (χ0v) is 28.8. The average molecular weight is 804 g/mol. The van der Waals surface area contributed by atoms with Crippen LogP contribution in [0.4, 0.5) is 23.4 Å². The van der Waals surface area contributed by atoms with Gasteiger partial charge in [-0.25, -0.2) is 18.7 Å². The first kappa shape index (κ1) is 38.3. The van der Waals surface area contributed by atoms with Crippen LogP contribution < -0.4 is 32.4 Å². The molecule has 2 saturated heterocycles. The number of fused-ring (bicyclic) bond motifs is 2. The number of hydrogen-bond donors (Lipinski definition) is 11. The molecule has 6 rings (SSSR count). The highest BCUT2D eigenvalue weighted by molar-refractivity contribution is 7.66. The van der Waals surface area contributed by atoms with Crippen molar-refractivity contribution in [3.8, 4) is 0 Å². The number of anilines is 4. The maximum atomic E-state index is 12.5. The Morgan fingerprint density at radius 3 is 1.94 bits per heavy atom. The van der Waals surface area contributed by atoms with Crippen LogP contribution >= 0.6 is 23.5 Å². The number of phosphoric ester groups is 2. The van der Waals surface area contributed by atoms with Crippen LogP contribution in [0.3, 0.4) is 0 Å². The van der Waals surface area contributed by atoms with E-state index in [1.165, 1.54) is 16.8 Å². The Morgan fingerprint density at radius 1 is 0.827 bits per heavy atom. The molecule has 28 nitrogen and oxygen atoms in total.